The lowest BCUT2D eigenvalue weighted by atomic mass is 9.85. The van der Waals surface area contributed by atoms with Crippen molar-refractivity contribution in [1.29, 1.82) is 0 Å². The number of carbonyl (C=O) groups excluding carboxylic acids is 4. The average molecular weight is 459 g/mol. The highest BCUT2D eigenvalue weighted by Gasteiger charge is 2.61. The topological polar surface area (TPSA) is 90.0 Å². The molecular weight excluding hydrogens is 434 g/mol. The molecule has 7 heteroatoms. The van der Waals surface area contributed by atoms with Crippen LogP contribution < -0.4 is 4.74 Å². The van der Waals surface area contributed by atoms with Crippen LogP contribution in [-0.4, -0.2) is 48.2 Å². The van der Waals surface area contributed by atoms with Gasteiger partial charge in [-0.15, -0.1) is 0 Å². The van der Waals surface area contributed by atoms with E-state index in [9.17, 15) is 19.2 Å². The van der Waals surface area contributed by atoms with Crippen LogP contribution in [0.15, 0.2) is 66.7 Å². The van der Waals surface area contributed by atoms with Crippen LogP contribution in [0, 0.1) is 23.7 Å². The van der Waals surface area contributed by atoms with Gasteiger partial charge in [0.05, 0.1) is 18.9 Å². The van der Waals surface area contributed by atoms with Gasteiger partial charge in [0.2, 0.25) is 11.8 Å². The molecule has 1 saturated heterocycles. The predicted molar refractivity (Wildman–Crippen MR) is 122 cm³/mol. The molecule has 0 unspecified atom stereocenters. The SMILES string of the molecule is COc1ccc(C(=O)COC(=O)[C@@H](Cc2ccccc2)N2C(=O)[C@@H]3[C@@H](C2=O)[C@H]2C=C[C@H]3C2)cc1. The minimum atomic E-state index is -1.11. The summed E-state index contributed by atoms with van der Waals surface area (Å²) in [5.74, 6) is -1.89. The first kappa shape index (κ1) is 22.1. The van der Waals surface area contributed by atoms with E-state index in [0.717, 1.165) is 16.9 Å². The number of carbonyl (C=O) groups is 4. The van der Waals surface area contributed by atoms with E-state index >= 15 is 0 Å². The Kier molecular flexibility index (Phi) is 5.77. The van der Waals surface area contributed by atoms with Crippen molar-refractivity contribution < 1.29 is 28.7 Å². The Morgan fingerprint density at radius 2 is 1.56 bits per heavy atom. The zero-order chi connectivity index (χ0) is 23.8. The number of amides is 2. The van der Waals surface area contributed by atoms with E-state index in [1.54, 1.807) is 24.3 Å². The second-order valence-corrected chi connectivity index (χ2v) is 9.01. The van der Waals surface area contributed by atoms with E-state index in [0.29, 0.717) is 11.3 Å². The third kappa shape index (κ3) is 3.81. The number of fused-ring (bicyclic) bond motifs is 5. The number of likely N-dealkylation sites (tertiary alicyclic amines) is 1. The maximum Gasteiger partial charge on any atom is 0.330 e. The van der Waals surface area contributed by atoms with E-state index in [4.69, 9.17) is 9.47 Å². The monoisotopic (exact) mass is 459 g/mol. The van der Waals surface area contributed by atoms with Gasteiger partial charge < -0.3 is 9.47 Å². The molecule has 2 aliphatic carbocycles. The summed E-state index contributed by atoms with van der Waals surface area (Å²) in [6.07, 6.45) is 4.97. The average Bonchev–Trinajstić information content (AvgIpc) is 3.55. The Bertz CT molecular complexity index is 1130. The van der Waals surface area contributed by atoms with Gasteiger partial charge in [-0.05, 0) is 48.1 Å². The van der Waals surface area contributed by atoms with Crippen LogP contribution in [0.1, 0.15) is 22.3 Å². The molecule has 2 aromatic carbocycles. The molecule has 2 aromatic rings. The van der Waals surface area contributed by atoms with Crippen LogP contribution in [0.5, 0.6) is 5.75 Å². The summed E-state index contributed by atoms with van der Waals surface area (Å²) in [6.45, 7) is -0.480. The number of hydrogen-bond donors (Lipinski definition) is 0. The summed E-state index contributed by atoms with van der Waals surface area (Å²) >= 11 is 0. The standard InChI is InChI=1S/C27H25NO6/c1-33-20-11-9-17(10-12-20)22(29)15-34-27(32)21(13-16-5-3-2-4-6-16)28-25(30)23-18-7-8-19(14-18)24(23)26(28)31/h2-12,18-19,21,23-24H,13-15H2,1H3/t18-,19-,21+,23-,24-/m0/s1. The Morgan fingerprint density at radius 1 is 0.941 bits per heavy atom. The molecule has 34 heavy (non-hydrogen) atoms. The van der Waals surface area contributed by atoms with Gasteiger partial charge in [0, 0.05) is 12.0 Å². The van der Waals surface area contributed by atoms with Crippen LogP contribution in [0.2, 0.25) is 0 Å². The molecule has 1 aliphatic heterocycles. The number of Topliss-reactive ketones (excluding diaryl/α,β-unsaturated/α-hetero) is 1. The van der Waals surface area contributed by atoms with Gasteiger partial charge >= 0.3 is 5.97 Å². The fraction of sp³-hybridized carbons (Fsp3) is 0.333. The van der Waals surface area contributed by atoms with Crippen LogP contribution in [0.25, 0.3) is 0 Å². The van der Waals surface area contributed by atoms with Gasteiger partial charge in [0.25, 0.3) is 0 Å². The third-order valence-electron chi connectivity index (χ3n) is 7.12. The second-order valence-electron chi connectivity index (χ2n) is 9.01. The van der Waals surface area contributed by atoms with Crippen molar-refractivity contribution in [3.63, 3.8) is 0 Å². The molecule has 5 rings (SSSR count). The van der Waals surface area contributed by atoms with E-state index in [1.165, 1.54) is 7.11 Å². The van der Waals surface area contributed by atoms with E-state index in [1.807, 2.05) is 42.5 Å². The molecule has 7 nitrogen and oxygen atoms in total. The summed E-state index contributed by atoms with van der Waals surface area (Å²) in [7, 11) is 1.53. The lowest BCUT2D eigenvalue weighted by Crippen LogP contribution is -2.48. The molecule has 0 radical (unpaired) electrons. The molecule has 2 amide bonds. The number of rotatable bonds is 8. The van der Waals surface area contributed by atoms with Crippen LogP contribution in [-0.2, 0) is 25.5 Å². The van der Waals surface area contributed by atoms with Crippen LogP contribution in [0.3, 0.4) is 0 Å². The van der Waals surface area contributed by atoms with Crippen LogP contribution in [0.4, 0.5) is 0 Å². The lowest BCUT2D eigenvalue weighted by molar-refractivity contribution is -0.158. The number of nitrogens with zero attached hydrogens (tertiary/aromatic N) is 1. The maximum absolute atomic E-state index is 13.3. The van der Waals surface area contributed by atoms with Gasteiger partial charge in [-0.25, -0.2) is 4.79 Å². The molecule has 3 aliphatic rings. The molecule has 1 heterocycles. The Balaban J connectivity index is 1.34. The summed E-state index contributed by atoms with van der Waals surface area (Å²) < 4.78 is 10.5. The Hall–Kier alpha value is -3.74. The van der Waals surface area contributed by atoms with Gasteiger partial charge in [-0.2, -0.15) is 0 Å². The molecule has 5 atom stereocenters. The zero-order valence-corrected chi connectivity index (χ0v) is 18.8. The fourth-order valence-corrected chi connectivity index (χ4v) is 5.44. The molecule has 2 bridgehead atoms. The minimum absolute atomic E-state index is 0.0431. The van der Waals surface area contributed by atoms with Crippen molar-refractivity contribution in [3.8, 4) is 5.75 Å². The number of allylic oxidation sites excluding steroid dienone is 2. The van der Waals surface area contributed by atoms with Crippen LogP contribution >= 0.6 is 0 Å². The number of imide groups is 1. The van der Waals surface area contributed by atoms with Crippen molar-refractivity contribution in [2.24, 2.45) is 23.7 Å². The summed E-state index contributed by atoms with van der Waals surface area (Å²) in [6, 6.07) is 14.5. The summed E-state index contributed by atoms with van der Waals surface area (Å²) in [5.41, 5.74) is 1.17. The minimum Gasteiger partial charge on any atom is -0.497 e. The molecule has 1 saturated carbocycles. The summed E-state index contributed by atoms with van der Waals surface area (Å²) in [4.78, 5) is 53.5. The van der Waals surface area contributed by atoms with Crippen molar-refractivity contribution in [1.82, 2.24) is 4.90 Å². The number of methoxy groups -OCH3 is 1. The van der Waals surface area contributed by atoms with Crippen molar-refractivity contribution >= 4 is 23.6 Å². The maximum atomic E-state index is 13.3. The smallest absolute Gasteiger partial charge is 0.330 e. The summed E-state index contributed by atoms with van der Waals surface area (Å²) in [5, 5.41) is 0. The first-order valence-corrected chi connectivity index (χ1v) is 11.4. The molecule has 174 valence electrons. The molecule has 0 aromatic heterocycles. The van der Waals surface area contributed by atoms with Gasteiger partial charge in [-0.1, -0.05) is 42.5 Å². The lowest BCUT2D eigenvalue weighted by Gasteiger charge is -2.26. The number of ether oxygens (including phenoxy) is 2. The quantitative estimate of drug-likeness (QED) is 0.261. The van der Waals surface area contributed by atoms with E-state index in [-0.39, 0.29) is 35.9 Å². The zero-order valence-electron chi connectivity index (χ0n) is 18.8. The van der Waals surface area contributed by atoms with Gasteiger partial charge in [-0.3, -0.25) is 19.3 Å². The molecule has 0 N–H and O–H groups in total. The Morgan fingerprint density at radius 3 is 2.15 bits per heavy atom. The van der Waals surface area contributed by atoms with Crippen molar-refractivity contribution in [2.75, 3.05) is 13.7 Å². The number of benzene rings is 2. The highest BCUT2D eigenvalue weighted by molar-refractivity contribution is 6.09. The second kappa shape index (κ2) is 8.89. The number of esters is 1. The highest BCUT2D eigenvalue weighted by atomic mass is 16.5. The predicted octanol–water partition coefficient (Wildman–Crippen LogP) is 2.84. The number of hydrogen-bond acceptors (Lipinski definition) is 6. The third-order valence-corrected chi connectivity index (χ3v) is 7.12. The molecule has 2 fully saturated rings. The first-order chi connectivity index (χ1) is 16.5. The first-order valence-electron chi connectivity index (χ1n) is 11.4. The van der Waals surface area contributed by atoms with E-state index < -0.39 is 30.5 Å². The number of ketones is 1. The highest BCUT2D eigenvalue weighted by Crippen LogP contribution is 2.53. The molecular formula is C27H25NO6. The Labute approximate surface area is 197 Å². The molecule has 0 spiro atoms. The van der Waals surface area contributed by atoms with E-state index in [2.05, 4.69) is 0 Å². The van der Waals surface area contributed by atoms with Crippen molar-refractivity contribution in [2.45, 2.75) is 18.9 Å². The van der Waals surface area contributed by atoms with Crippen molar-refractivity contribution in [3.05, 3.63) is 77.9 Å². The van der Waals surface area contributed by atoms with Gasteiger partial charge in [0.1, 0.15) is 11.8 Å². The normalized spacial score (nSPS) is 25.4. The largest absolute Gasteiger partial charge is 0.497 e. The fourth-order valence-electron chi connectivity index (χ4n) is 5.44. The van der Waals surface area contributed by atoms with Gasteiger partial charge in [0.15, 0.2) is 12.4 Å².